The third kappa shape index (κ3) is 4.72. The number of aromatic nitrogens is 1. The molecule has 29 heavy (non-hydrogen) atoms. The highest BCUT2D eigenvalue weighted by Gasteiger charge is 2.36. The first-order chi connectivity index (χ1) is 13.8. The van der Waals surface area contributed by atoms with Gasteiger partial charge in [-0.2, -0.15) is 5.26 Å². The monoisotopic (exact) mass is 399 g/mol. The average molecular weight is 400 g/mol. The van der Waals surface area contributed by atoms with E-state index in [9.17, 15) is 10.1 Å². The molecule has 1 N–H and O–H groups in total. The van der Waals surface area contributed by atoms with Gasteiger partial charge in [0.2, 0.25) is 5.91 Å². The Morgan fingerprint density at radius 1 is 1.24 bits per heavy atom. The SMILES string of the molecule is CCCC(=O)N1CCN(c2[nH+]c(CC(C)C)c3c(c2C#N)CC(C)(C)OC3)CC1. The van der Waals surface area contributed by atoms with Gasteiger partial charge in [-0.25, -0.2) is 4.98 Å². The molecule has 1 aromatic heterocycles. The number of nitriles is 1. The Morgan fingerprint density at radius 2 is 1.93 bits per heavy atom. The maximum absolute atomic E-state index is 12.2. The summed E-state index contributed by atoms with van der Waals surface area (Å²) in [4.78, 5) is 20.1. The topological polar surface area (TPSA) is 70.7 Å². The fourth-order valence-electron chi connectivity index (χ4n) is 4.36. The van der Waals surface area contributed by atoms with Crippen molar-refractivity contribution in [2.75, 3.05) is 31.1 Å². The van der Waals surface area contributed by atoms with Crippen molar-refractivity contribution in [3.05, 3.63) is 22.4 Å². The largest absolute Gasteiger partial charge is 0.370 e. The van der Waals surface area contributed by atoms with Gasteiger partial charge in [0.15, 0.2) is 0 Å². The molecular weight excluding hydrogens is 364 g/mol. The Balaban J connectivity index is 1.95. The summed E-state index contributed by atoms with van der Waals surface area (Å²) in [6.07, 6.45) is 3.17. The number of fused-ring (bicyclic) bond motifs is 1. The molecule has 6 nitrogen and oxygen atoms in total. The van der Waals surface area contributed by atoms with E-state index in [1.54, 1.807) is 0 Å². The molecule has 0 saturated carbocycles. The number of pyridine rings is 1. The van der Waals surface area contributed by atoms with Crippen LogP contribution < -0.4 is 9.88 Å². The standard InChI is InChI=1S/C23H34N4O2/c1-6-7-21(28)26-8-10-27(11-9-26)22-18(14-24)17-13-23(4,5)29-15-19(17)20(25-22)12-16(2)3/h16H,6-13,15H2,1-5H3/p+1. The van der Waals surface area contributed by atoms with Gasteiger partial charge in [0.25, 0.3) is 5.82 Å². The van der Waals surface area contributed by atoms with Crippen LogP contribution >= 0.6 is 0 Å². The molecule has 1 saturated heterocycles. The van der Waals surface area contributed by atoms with E-state index in [0.29, 0.717) is 32.0 Å². The first-order valence-corrected chi connectivity index (χ1v) is 10.9. The lowest BCUT2D eigenvalue weighted by molar-refractivity contribution is -0.379. The molecule has 1 fully saturated rings. The quantitative estimate of drug-likeness (QED) is 0.763. The van der Waals surface area contributed by atoms with E-state index >= 15 is 0 Å². The van der Waals surface area contributed by atoms with E-state index in [1.165, 1.54) is 5.69 Å². The molecule has 6 heteroatoms. The summed E-state index contributed by atoms with van der Waals surface area (Å²) < 4.78 is 6.08. The molecule has 0 radical (unpaired) electrons. The van der Waals surface area contributed by atoms with Gasteiger partial charge in [-0.05, 0) is 31.7 Å². The normalized spacial score (nSPS) is 18.5. The second-order valence-electron chi connectivity index (χ2n) is 9.34. The fourth-order valence-corrected chi connectivity index (χ4v) is 4.36. The molecular formula is C23H35N4O2+. The van der Waals surface area contributed by atoms with Crippen LogP contribution in [0.3, 0.4) is 0 Å². The van der Waals surface area contributed by atoms with Gasteiger partial charge in [0, 0.05) is 24.8 Å². The molecule has 0 aromatic carbocycles. The molecule has 1 aromatic rings. The number of carbonyl (C=O) groups excluding carboxylic acids is 1. The number of H-pyrrole nitrogens is 1. The van der Waals surface area contributed by atoms with E-state index in [0.717, 1.165) is 54.9 Å². The molecule has 0 bridgehead atoms. The lowest BCUT2D eigenvalue weighted by Gasteiger charge is -2.35. The Hall–Kier alpha value is -2.13. The van der Waals surface area contributed by atoms with Gasteiger partial charge in [-0.1, -0.05) is 20.8 Å². The van der Waals surface area contributed by atoms with Crippen molar-refractivity contribution in [3.63, 3.8) is 0 Å². The highest BCUT2D eigenvalue weighted by Crippen LogP contribution is 2.34. The molecule has 2 aliphatic rings. The number of hydrogen-bond donors (Lipinski definition) is 0. The molecule has 0 spiro atoms. The number of piperazine rings is 1. The second-order valence-corrected chi connectivity index (χ2v) is 9.34. The minimum Gasteiger partial charge on any atom is -0.370 e. The highest BCUT2D eigenvalue weighted by atomic mass is 16.5. The van der Waals surface area contributed by atoms with Gasteiger partial charge >= 0.3 is 0 Å². The summed E-state index contributed by atoms with van der Waals surface area (Å²) in [7, 11) is 0. The van der Waals surface area contributed by atoms with Gasteiger partial charge in [-0.15, -0.1) is 0 Å². The number of aromatic amines is 1. The van der Waals surface area contributed by atoms with E-state index in [4.69, 9.17) is 4.74 Å². The van der Waals surface area contributed by atoms with Crippen LogP contribution in [0.1, 0.15) is 69.8 Å². The van der Waals surface area contributed by atoms with E-state index in [2.05, 4.69) is 43.6 Å². The van der Waals surface area contributed by atoms with Crippen molar-refractivity contribution in [1.82, 2.24) is 4.90 Å². The molecule has 3 heterocycles. The summed E-state index contributed by atoms with van der Waals surface area (Å²) in [5.41, 5.74) is 3.96. The van der Waals surface area contributed by atoms with Crippen molar-refractivity contribution < 1.29 is 14.5 Å². The number of anilines is 1. The average Bonchev–Trinajstić information content (AvgIpc) is 2.66. The fraction of sp³-hybridized carbons (Fsp3) is 0.696. The molecule has 2 aliphatic heterocycles. The predicted molar refractivity (Wildman–Crippen MR) is 113 cm³/mol. The van der Waals surface area contributed by atoms with Gasteiger partial charge < -0.3 is 9.64 Å². The number of rotatable bonds is 5. The minimum atomic E-state index is -0.266. The summed E-state index contributed by atoms with van der Waals surface area (Å²) in [5.74, 6) is 1.67. The molecule has 158 valence electrons. The van der Waals surface area contributed by atoms with E-state index in [-0.39, 0.29) is 11.5 Å². The molecule has 0 atom stereocenters. The lowest BCUT2D eigenvalue weighted by Crippen LogP contribution is -2.51. The maximum atomic E-state index is 12.2. The second kappa shape index (κ2) is 8.71. The van der Waals surface area contributed by atoms with Crippen LogP contribution in [0.2, 0.25) is 0 Å². The van der Waals surface area contributed by atoms with Gasteiger partial charge in [0.1, 0.15) is 30.4 Å². The third-order valence-corrected chi connectivity index (χ3v) is 5.88. The highest BCUT2D eigenvalue weighted by molar-refractivity contribution is 5.76. The minimum absolute atomic E-state index is 0.237. The Morgan fingerprint density at radius 3 is 2.52 bits per heavy atom. The van der Waals surface area contributed by atoms with Crippen molar-refractivity contribution in [2.45, 2.75) is 72.5 Å². The van der Waals surface area contributed by atoms with E-state index in [1.807, 2.05) is 11.8 Å². The summed E-state index contributed by atoms with van der Waals surface area (Å²) in [6, 6.07) is 2.48. The Kier molecular flexibility index (Phi) is 6.48. The number of carbonyl (C=O) groups is 1. The molecule has 0 aliphatic carbocycles. The van der Waals surface area contributed by atoms with Crippen molar-refractivity contribution in [3.8, 4) is 6.07 Å². The smallest absolute Gasteiger partial charge is 0.293 e. The predicted octanol–water partition coefficient (Wildman–Crippen LogP) is 2.87. The van der Waals surface area contributed by atoms with Crippen LogP contribution in [-0.4, -0.2) is 42.6 Å². The van der Waals surface area contributed by atoms with Crippen LogP contribution in [0.4, 0.5) is 5.82 Å². The zero-order valence-electron chi connectivity index (χ0n) is 18.6. The van der Waals surface area contributed by atoms with Crippen LogP contribution in [0.5, 0.6) is 0 Å². The van der Waals surface area contributed by atoms with Crippen LogP contribution in [0.15, 0.2) is 0 Å². The number of hydrogen-bond acceptors (Lipinski definition) is 4. The van der Waals surface area contributed by atoms with Crippen molar-refractivity contribution >= 4 is 11.7 Å². The summed E-state index contributed by atoms with van der Waals surface area (Å²) in [6.45, 7) is 14.1. The van der Waals surface area contributed by atoms with Crippen LogP contribution in [0.25, 0.3) is 0 Å². The number of nitrogens with one attached hydrogen (secondary N) is 1. The van der Waals surface area contributed by atoms with E-state index < -0.39 is 0 Å². The van der Waals surface area contributed by atoms with Crippen LogP contribution in [-0.2, 0) is 29.0 Å². The van der Waals surface area contributed by atoms with Gasteiger partial charge in [0.05, 0.1) is 25.3 Å². The molecule has 3 rings (SSSR count). The maximum Gasteiger partial charge on any atom is 0.293 e. The summed E-state index contributed by atoms with van der Waals surface area (Å²) in [5, 5.41) is 10.1. The number of amides is 1. The molecule has 0 unspecified atom stereocenters. The van der Waals surface area contributed by atoms with Gasteiger partial charge in [-0.3, -0.25) is 9.69 Å². The van der Waals surface area contributed by atoms with Crippen molar-refractivity contribution in [1.29, 1.82) is 5.26 Å². The summed E-state index contributed by atoms with van der Waals surface area (Å²) >= 11 is 0. The number of nitrogens with zero attached hydrogens (tertiary/aromatic N) is 3. The molecule has 1 amide bonds. The first-order valence-electron chi connectivity index (χ1n) is 10.9. The third-order valence-electron chi connectivity index (χ3n) is 5.88. The number of ether oxygens (including phenoxy) is 1. The lowest BCUT2D eigenvalue weighted by atomic mass is 9.86. The first kappa shape index (κ1) is 21.6. The Bertz CT molecular complexity index is 802. The zero-order valence-corrected chi connectivity index (χ0v) is 18.6. The Labute approximate surface area is 174 Å². The zero-order chi connectivity index (χ0) is 21.2. The van der Waals surface area contributed by atoms with Crippen LogP contribution in [0, 0.1) is 17.2 Å². The van der Waals surface area contributed by atoms with Crippen molar-refractivity contribution in [2.24, 2.45) is 5.92 Å².